The molecule has 29 heavy (non-hydrogen) atoms. The van der Waals surface area contributed by atoms with Crippen LogP contribution in [0.25, 0.3) is 0 Å². The molecule has 2 aromatic rings. The van der Waals surface area contributed by atoms with Crippen molar-refractivity contribution in [1.29, 1.82) is 0 Å². The standard InChI is InChI=1S/C20H25ClN4O4/c1-12(28-14-7-5-13(21)6-8-14)18(26)22-17-15-9-10-25(11-16(15)23-24-17)19(27)29-20(2,3)4/h5-8,12H,9-11H2,1-4H3,(H2,22,23,24,26). The maximum atomic E-state index is 12.5. The van der Waals surface area contributed by atoms with Gasteiger partial charge in [-0.1, -0.05) is 11.6 Å². The van der Waals surface area contributed by atoms with Crippen molar-refractivity contribution in [2.24, 2.45) is 0 Å². The predicted molar refractivity (Wildman–Crippen MR) is 109 cm³/mol. The molecule has 2 N–H and O–H groups in total. The largest absolute Gasteiger partial charge is 0.481 e. The van der Waals surface area contributed by atoms with E-state index in [0.29, 0.717) is 36.1 Å². The average Bonchev–Trinajstić information content (AvgIpc) is 3.04. The van der Waals surface area contributed by atoms with Gasteiger partial charge >= 0.3 is 6.09 Å². The van der Waals surface area contributed by atoms with Crippen molar-refractivity contribution in [2.45, 2.75) is 52.4 Å². The number of amides is 2. The van der Waals surface area contributed by atoms with Crippen molar-refractivity contribution >= 4 is 29.4 Å². The number of benzene rings is 1. The Morgan fingerprint density at radius 3 is 2.62 bits per heavy atom. The zero-order valence-corrected chi connectivity index (χ0v) is 17.7. The molecule has 1 aromatic carbocycles. The summed E-state index contributed by atoms with van der Waals surface area (Å²) in [5.41, 5.74) is 1.12. The lowest BCUT2D eigenvalue weighted by Gasteiger charge is -2.29. The molecule has 0 fully saturated rings. The highest BCUT2D eigenvalue weighted by Crippen LogP contribution is 2.25. The fraction of sp³-hybridized carbons (Fsp3) is 0.450. The molecule has 0 saturated heterocycles. The first-order valence-electron chi connectivity index (χ1n) is 9.39. The summed E-state index contributed by atoms with van der Waals surface area (Å²) in [7, 11) is 0. The van der Waals surface area contributed by atoms with Crippen LogP contribution in [-0.2, 0) is 22.5 Å². The number of rotatable bonds is 4. The van der Waals surface area contributed by atoms with Crippen LogP contribution in [0.15, 0.2) is 24.3 Å². The van der Waals surface area contributed by atoms with Crippen molar-refractivity contribution in [3.05, 3.63) is 40.5 Å². The summed E-state index contributed by atoms with van der Waals surface area (Å²) in [5.74, 6) is 0.693. The third-order valence-corrected chi connectivity index (χ3v) is 4.57. The Kier molecular flexibility index (Phi) is 6.02. The number of H-pyrrole nitrogens is 1. The average molecular weight is 421 g/mol. The molecule has 8 nitrogen and oxygen atoms in total. The molecule has 2 heterocycles. The molecule has 1 unspecified atom stereocenters. The maximum Gasteiger partial charge on any atom is 0.410 e. The number of anilines is 1. The molecule has 0 saturated carbocycles. The molecule has 2 amide bonds. The molecule has 1 aliphatic rings. The minimum atomic E-state index is -0.717. The minimum absolute atomic E-state index is 0.316. The lowest BCUT2D eigenvalue weighted by Crippen LogP contribution is -2.40. The first-order chi connectivity index (χ1) is 13.6. The first kappa shape index (κ1) is 21.0. The van der Waals surface area contributed by atoms with Gasteiger partial charge in [0.2, 0.25) is 0 Å². The number of aromatic amines is 1. The number of ether oxygens (including phenoxy) is 2. The number of carbonyl (C=O) groups excluding carboxylic acids is 2. The summed E-state index contributed by atoms with van der Waals surface area (Å²) in [4.78, 5) is 26.4. The Morgan fingerprint density at radius 1 is 1.28 bits per heavy atom. The van der Waals surface area contributed by atoms with E-state index < -0.39 is 11.7 Å². The molecule has 0 spiro atoms. The van der Waals surface area contributed by atoms with Crippen LogP contribution in [0.3, 0.4) is 0 Å². The fourth-order valence-corrected chi connectivity index (χ4v) is 3.02. The highest BCUT2D eigenvalue weighted by Gasteiger charge is 2.29. The van der Waals surface area contributed by atoms with Crippen molar-refractivity contribution in [3.63, 3.8) is 0 Å². The lowest BCUT2D eigenvalue weighted by atomic mass is 10.1. The van der Waals surface area contributed by atoms with Gasteiger partial charge in [-0.05, 0) is 58.4 Å². The zero-order chi connectivity index (χ0) is 21.2. The van der Waals surface area contributed by atoms with Gasteiger partial charge < -0.3 is 19.7 Å². The molecule has 0 aliphatic carbocycles. The Labute approximate surface area is 174 Å². The van der Waals surface area contributed by atoms with E-state index in [1.54, 1.807) is 36.1 Å². The molecule has 0 radical (unpaired) electrons. The summed E-state index contributed by atoms with van der Waals surface area (Å²) in [6.07, 6.45) is -0.522. The number of hydrogen-bond acceptors (Lipinski definition) is 5. The third kappa shape index (κ3) is 5.41. The summed E-state index contributed by atoms with van der Waals surface area (Å²) in [6.45, 7) is 7.99. The smallest absolute Gasteiger partial charge is 0.410 e. The van der Waals surface area contributed by atoms with Crippen LogP contribution < -0.4 is 10.1 Å². The van der Waals surface area contributed by atoms with E-state index in [1.807, 2.05) is 20.8 Å². The highest BCUT2D eigenvalue weighted by molar-refractivity contribution is 6.30. The molecule has 1 aromatic heterocycles. The Morgan fingerprint density at radius 2 is 1.97 bits per heavy atom. The second-order valence-corrected chi connectivity index (χ2v) is 8.32. The van der Waals surface area contributed by atoms with Gasteiger partial charge in [0.05, 0.1) is 12.2 Å². The summed E-state index contributed by atoms with van der Waals surface area (Å²) in [5, 5.41) is 10.5. The Bertz CT molecular complexity index is 889. The van der Waals surface area contributed by atoms with Crippen LogP contribution >= 0.6 is 11.6 Å². The fourth-order valence-electron chi connectivity index (χ4n) is 2.89. The van der Waals surface area contributed by atoms with E-state index >= 15 is 0 Å². The molecular weight excluding hydrogens is 396 g/mol. The summed E-state index contributed by atoms with van der Waals surface area (Å²) in [6, 6.07) is 6.80. The second-order valence-electron chi connectivity index (χ2n) is 7.88. The third-order valence-electron chi connectivity index (χ3n) is 4.32. The first-order valence-corrected chi connectivity index (χ1v) is 9.77. The quantitative estimate of drug-likeness (QED) is 0.784. The number of aromatic nitrogens is 2. The van der Waals surface area contributed by atoms with Gasteiger partial charge in [-0.2, -0.15) is 5.10 Å². The van der Waals surface area contributed by atoms with E-state index in [-0.39, 0.29) is 12.0 Å². The van der Waals surface area contributed by atoms with Gasteiger partial charge in [0, 0.05) is 17.1 Å². The number of nitrogens with one attached hydrogen (secondary N) is 2. The lowest BCUT2D eigenvalue weighted by molar-refractivity contribution is -0.122. The predicted octanol–water partition coefficient (Wildman–Crippen LogP) is 3.76. The molecular formula is C20H25ClN4O4. The van der Waals surface area contributed by atoms with Gasteiger partial charge in [0.15, 0.2) is 11.9 Å². The molecule has 1 aliphatic heterocycles. The van der Waals surface area contributed by atoms with Gasteiger partial charge in [0.1, 0.15) is 11.4 Å². The molecule has 3 rings (SSSR count). The van der Waals surface area contributed by atoms with E-state index in [0.717, 1.165) is 11.3 Å². The Hall–Kier alpha value is -2.74. The molecule has 1 atom stereocenters. The van der Waals surface area contributed by atoms with Crippen LogP contribution in [-0.4, -0.2) is 45.3 Å². The number of carbonyl (C=O) groups is 2. The van der Waals surface area contributed by atoms with Crippen molar-refractivity contribution in [1.82, 2.24) is 15.1 Å². The van der Waals surface area contributed by atoms with E-state index in [1.165, 1.54) is 0 Å². The number of nitrogens with zero attached hydrogens (tertiary/aromatic N) is 2. The minimum Gasteiger partial charge on any atom is -0.481 e. The molecule has 9 heteroatoms. The van der Waals surface area contributed by atoms with Crippen LogP contribution in [0.1, 0.15) is 39.0 Å². The van der Waals surface area contributed by atoms with Crippen LogP contribution in [0, 0.1) is 0 Å². The summed E-state index contributed by atoms with van der Waals surface area (Å²) >= 11 is 5.86. The van der Waals surface area contributed by atoms with Crippen LogP contribution in [0.2, 0.25) is 5.02 Å². The SMILES string of the molecule is CC(Oc1ccc(Cl)cc1)C(=O)Nc1n[nH]c2c1CCN(C(=O)OC(C)(C)C)C2. The number of halogens is 1. The van der Waals surface area contributed by atoms with Crippen molar-refractivity contribution in [2.75, 3.05) is 11.9 Å². The van der Waals surface area contributed by atoms with E-state index in [2.05, 4.69) is 15.5 Å². The van der Waals surface area contributed by atoms with Crippen LogP contribution in [0.5, 0.6) is 5.75 Å². The van der Waals surface area contributed by atoms with Gasteiger partial charge in [-0.15, -0.1) is 0 Å². The van der Waals surface area contributed by atoms with Crippen molar-refractivity contribution in [3.8, 4) is 5.75 Å². The molecule has 156 valence electrons. The van der Waals surface area contributed by atoms with Gasteiger partial charge in [-0.25, -0.2) is 4.79 Å². The van der Waals surface area contributed by atoms with Gasteiger partial charge in [-0.3, -0.25) is 9.89 Å². The van der Waals surface area contributed by atoms with Crippen molar-refractivity contribution < 1.29 is 19.1 Å². The van der Waals surface area contributed by atoms with E-state index in [4.69, 9.17) is 21.1 Å². The maximum absolute atomic E-state index is 12.5. The number of hydrogen-bond donors (Lipinski definition) is 2. The molecule has 0 bridgehead atoms. The van der Waals surface area contributed by atoms with Crippen LogP contribution in [0.4, 0.5) is 10.6 Å². The highest BCUT2D eigenvalue weighted by atomic mass is 35.5. The zero-order valence-electron chi connectivity index (χ0n) is 16.9. The monoisotopic (exact) mass is 420 g/mol. The Balaban J connectivity index is 1.60. The second kappa shape index (κ2) is 8.32. The van der Waals surface area contributed by atoms with E-state index in [9.17, 15) is 9.59 Å². The number of fused-ring (bicyclic) bond motifs is 1. The topological polar surface area (TPSA) is 96.5 Å². The van der Waals surface area contributed by atoms with Gasteiger partial charge in [0.25, 0.3) is 5.91 Å². The normalized spacial score (nSPS) is 14.7. The summed E-state index contributed by atoms with van der Waals surface area (Å²) < 4.78 is 11.1.